The Hall–Kier alpha value is -2.11. The van der Waals surface area contributed by atoms with E-state index in [-0.39, 0.29) is 11.9 Å². The molecule has 6 heteroatoms. The van der Waals surface area contributed by atoms with Gasteiger partial charge in [0, 0.05) is 7.05 Å². The summed E-state index contributed by atoms with van der Waals surface area (Å²) < 4.78 is 15.3. The van der Waals surface area contributed by atoms with E-state index in [9.17, 15) is 4.39 Å². The van der Waals surface area contributed by atoms with Gasteiger partial charge in [0.05, 0.1) is 17.4 Å². The summed E-state index contributed by atoms with van der Waals surface area (Å²) in [6.45, 7) is 1.87. The summed E-state index contributed by atoms with van der Waals surface area (Å²) in [4.78, 5) is 0. The fourth-order valence-corrected chi connectivity index (χ4v) is 1.66. The Morgan fingerprint density at radius 2 is 2.24 bits per heavy atom. The Kier molecular flexibility index (Phi) is 2.95. The number of hydrogen-bond acceptors (Lipinski definition) is 4. The van der Waals surface area contributed by atoms with Crippen LogP contribution in [0, 0.1) is 5.82 Å². The topological polar surface area (TPSA) is 68.8 Å². The SMILES string of the molecule is CC(Nc1c(N)cccc1F)c1nncn1C. The molecule has 0 aliphatic heterocycles. The molecule has 1 heterocycles. The molecule has 0 fully saturated rings. The minimum Gasteiger partial charge on any atom is -0.397 e. The van der Waals surface area contributed by atoms with Gasteiger partial charge in [-0.3, -0.25) is 0 Å². The lowest BCUT2D eigenvalue weighted by Gasteiger charge is -2.16. The van der Waals surface area contributed by atoms with Gasteiger partial charge >= 0.3 is 0 Å². The second-order valence-electron chi connectivity index (χ2n) is 3.87. The van der Waals surface area contributed by atoms with E-state index in [1.54, 1.807) is 23.0 Å². The predicted octanol–water partition coefficient (Wildman–Crippen LogP) is 1.71. The van der Waals surface area contributed by atoms with Crippen LogP contribution in [-0.2, 0) is 7.05 Å². The number of anilines is 2. The van der Waals surface area contributed by atoms with Crippen molar-refractivity contribution in [2.75, 3.05) is 11.1 Å². The van der Waals surface area contributed by atoms with Crippen LogP contribution in [0.15, 0.2) is 24.5 Å². The molecular formula is C11H14FN5. The zero-order valence-electron chi connectivity index (χ0n) is 9.68. The second kappa shape index (κ2) is 4.40. The number of para-hydroxylation sites is 1. The lowest BCUT2D eigenvalue weighted by Crippen LogP contribution is -2.14. The largest absolute Gasteiger partial charge is 0.397 e. The molecule has 3 N–H and O–H groups in total. The molecule has 5 nitrogen and oxygen atoms in total. The highest BCUT2D eigenvalue weighted by Gasteiger charge is 2.14. The maximum Gasteiger partial charge on any atom is 0.154 e. The van der Waals surface area contributed by atoms with Crippen molar-refractivity contribution in [3.63, 3.8) is 0 Å². The predicted molar refractivity (Wildman–Crippen MR) is 63.9 cm³/mol. The minimum atomic E-state index is -0.376. The minimum absolute atomic E-state index is 0.179. The van der Waals surface area contributed by atoms with E-state index in [2.05, 4.69) is 15.5 Å². The van der Waals surface area contributed by atoms with Crippen LogP contribution in [0.2, 0.25) is 0 Å². The van der Waals surface area contributed by atoms with E-state index in [4.69, 9.17) is 5.73 Å². The highest BCUT2D eigenvalue weighted by molar-refractivity contribution is 5.67. The Morgan fingerprint density at radius 3 is 2.82 bits per heavy atom. The van der Waals surface area contributed by atoms with Crippen LogP contribution in [0.25, 0.3) is 0 Å². The average molecular weight is 235 g/mol. The summed E-state index contributed by atoms with van der Waals surface area (Å²) >= 11 is 0. The van der Waals surface area contributed by atoms with Gasteiger partial charge in [-0.2, -0.15) is 0 Å². The number of aryl methyl sites for hydroxylation is 1. The highest BCUT2D eigenvalue weighted by Crippen LogP contribution is 2.25. The Labute approximate surface area is 98.5 Å². The summed E-state index contributed by atoms with van der Waals surface area (Å²) in [5, 5.41) is 10.7. The molecule has 0 saturated heterocycles. The molecule has 0 aliphatic carbocycles. The van der Waals surface area contributed by atoms with Crippen LogP contribution in [0.3, 0.4) is 0 Å². The van der Waals surface area contributed by atoms with Crippen molar-refractivity contribution in [3.8, 4) is 0 Å². The van der Waals surface area contributed by atoms with Crippen molar-refractivity contribution in [2.45, 2.75) is 13.0 Å². The monoisotopic (exact) mass is 235 g/mol. The molecule has 0 radical (unpaired) electrons. The number of nitrogen functional groups attached to an aromatic ring is 1. The number of nitrogens with two attached hydrogens (primary N) is 1. The third-order valence-electron chi connectivity index (χ3n) is 2.54. The normalized spacial score (nSPS) is 12.4. The van der Waals surface area contributed by atoms with Crippen LogP contribution in [0.1, 0.15) is 18.8 Å². The summed E-state index contributed by atoms with van der Waals surface area (Å²) in [6, 6.07) is 4.40. The number of nitrogens with one attached hydrogen (secondary N) is 1. The molecule has 1 atom stereocenters. The maximum atomic E-state index is 13.6. The number of benzene rings is 1. The summed E-state index contributed by atoms with van der Waals surface area (Å²) in [5.74, 6) is 0.340. The number of hydrogen-bond donors (Lipinski definition) is 2. The number of halogens is 1. The summed E-state index contributed by atoms with van der Waals surface area (Å²) in [5.41, 5.74) is 6.38. The van der Waals surface area contributed by atoms with Crippen molar-refractivity contribution in [1.82, 2.24) is 14.8 Å². The zero-order chi connectivity index (χ0) is 12.4. The van der Waals surface area contributed by atoms with Gasteiger partial charge in [-0.05, 0) is 19.1 Å². The van der Waals surface area contributed by atoms with Gasteiger partial charge in [0.15, 0.2) is 5.82 Å². The third kappa shape index (κ3) is 2.20. The average Bonchev–Trinajstić information content (AvgIpc) is 2.70. The molecule has 17 heavy (non-hydrogen) atoms. The number of aromatic nitrogens is 3. The van der Waals surface area contributed by atoms with Crippen molar-refractivity contribution in [1.29, 1.82) is 0 Å². The molecule has 0 amide bonds. The van der Waals surface area contributed by atoms with Crippen LogP contribution in [0.5, 0.6) is 0 Å². The molecule has 1 aromatic heterocycles. The highest BCUT2D eigenvalue weighted by atomic mass is 19.1. The van der Waals surface area contributed by atoms with Gasteiger partial charge in [0.25, 0.3) is 0 Å². The van der Waals surface area contributed by atoms with Crippen molar-refractivity contribution in [2.24, 2.45) is 7.05 Å². The zero-order valence-corrected chi connectivity index (χ0v) is 9.68. The van der Waals surface area contributed by atoms with Gasteiger partial charge in [-0.1, -0.05) is 6.07 Å². The van der Waals surface area contributed by atoms with Crippen LogP contribution >= 0.6 is 0 Å². The first-order valence-corrected chi connectivity index (χ1v) is 5.24. The Balaban J connectivity index is 2.25. The molecule has 2 rings (SSSR count). The third-order valence-corrected chi connectivity index (χ3v) is 2.54. The van der Waals surface area contributed by atoms with E-state index < -0.39 is 0 Å². The quantitative estimate of drug-likeness (QED) is 0.795. The van der Waals surface area contributed by atoms with E-state index in [1.165, 1.54) is 6.07 Å². The molecule has 1 aromatic carbocycles. The first-order chi connectivity index (χ1) is 8.09. The van der Waals surface area contributed by atoms with Crippen molar-refractivity contribution >= 4 is 11.4 Å². The fraction of sp³-hybridized carbons (Fsp3) is 0.273. The van der Waals surface area contributed by atoms with Crippen molar-refractivity contribution < 1.29 is 4.39 Å². The lowest BCUT2D eigenvalue weighted by molar-refractivity contribution is 0.624. The standard InChI is InChI=1S/C11H14FN5/c1-7(11-16-14-6-17(11)2)15-10-8(12)4-3-5-9(10)13/h3-7,15H,13H2,1-2H3. The van der Waals surface area contributed by atoms with Crippen LogP contribution < -0.4 is 11.1 Å². The maximum absolute atomic E-state index is 13.6. The van der Waals surface area contributed by atoms with E-state index in [0.29, 0.717) is 17.2 Å². The van der Waals surface area contributed by atoms with E-state index >= 15 is 0 Å². The van der Waals surface area contributed by atoms with Crippen molar-refractivity contribution in [3.05, 3.63) is 36.2 Å². The molecule has 0 saturated carbocycles. The molecule has 1 unspecified atom stereocenters. The molecule has 0 bridgehead atoms. The number of rotatable bonds is 3. The number of nitrogens with zero attached hydrogens (tertiary/aromatic N) is 3. The van der Waals surface area contributed by atoms with Gasteiger partial charge in [-0.25, -0.2) is 4.39 Å². The fourth-order valence-electron chi connectivity index (χ4n) is 1.66. The van der Waals surface area contributed by atoms with E-state index in [1.807, 2.05) is 14.0 Å². The Morgan fingerprint density at radius 1 is 1.47 bits per heavy atom. The summed E-state index contributed by atoms with van der Waals surface area (Å²) in [6.07, 6.45) is 1.60. The molecular weight excluding hydrogens is 221 g/mol. The lowest BCUT2D eigenvalue weighted by atomic mass is 10.2. The van der Waals surface area contributed by atoms with Gasteiger partial charge < -0.3 is 15.6 Å². The van der Waals surface area contributed by atoms with Crippen LogP contribution in [-0.4, -0.2) is 14.8 Å². The molecule has 0 aliphatic rings. The molecule has 90 valence electrons. The Bertz CT molecular complexity index is 502. The van der Waals surface area contributed by atoms with Gasteiger partial charge in [0.2, 0.25) is 0 Å². The van der Waals surface area contributed by atoms with Gasteiger partial charge in [-0.15, -0.1) is 10.2 Å². The first kappa shape index (κ1) is 11.4. The molecule has 2 aromatic rings. The van der Waals surface area contributed by atoms with Gasteiger partial charge in [0.1, 0.15) is 12.1 Å². The van der Waals surface area contributed by atoms with Crippen LogP contribution in [0.4, 0.5) is 15.8 Å². The summed E-state index contributed by atoms with van der Waals surface area (Å²) in [7, 11) is 1.83. The van der Waals surface area contributed by atoms with E-state index in [0.717, 1.165) is 0 Å². The second-order valence-corrected chi connectivity index (χ2v) is 3.87. The smallest absolute Gasteiger partial charge is 0.154 e. The first-order valence-electron chi connectivity index (χ1n) is 5.24. The molecule has 0 spiro atoms.